The number of anilines is 1. The number of carbonyl (C=O) groups is 2. The minimum atomic E-state index is -0.496. The van der Waals surface area contributed by atoms with Gasteiger partial charge in [-0.2, -0.15) is 0 Å². The summed E-state index contributed by atoms with van der Waals surface area (Å²) in [6, 6.07) is 3.64. The van der Waals surface area contributed by atoms with Crippen molar-refractivity contribution < 1.29 is 14.0 Å². The number of hydrogen-bond donors (Lipinski definition) is 1. The molecule has 1 aromatic heterocycles. The van der Waals surface area contributed by atoms with Crippen LogP contribution >= 0.6 is 12.2 Å². The van der Waals surface area contributed by atoms with Crippen LogP contribution in [0.25, 0.3) is 6.08 Å². The Balaban J connectivity index is 1.82. The van der Waals surface area contributed by atoms with Crippen LogP contribution < -0.4 is 10.2 Å². The number of thiocarbonyl (C=S) groups is 1. The monoisotopic (exact) mass is 319 g/mol. The maximum absolute atomic E-state index is 12.1. The lowest BCUT2D eigenvalue weighted by Crippen LogP contribution is -2.52. The summed E-state index contributed by atoms with van der Waals surface area (Å²) in [5, 5.41) is 2.59. The minimum Gasteiger partial charge on any atom is -0.441 e. The number of piperidine rings is 1. The van der Waals surface area contributed by atoms with E-state index in [4.69, 9.17) is 16.6 Å². The Morgan fingerprint density at radius 1 is 1.23 bits per heavy atom. The van der Waals surface area contributed by atoms with Gasteiger partial charge in [-0.25, -0.2) is 0 Å². The van der Waals surface area contributed by atoms with E-state index < -0.39 is 11.8 Å². The first-order chi connectivity index (χ1) is 10.6. The normalized spacial score (nSPS) is 21.5. The number of nitrogens with zero attached hydrogens (tertiary/aromatic N) is 2. The molecule has 1 N–H and O–H groups in total. The summed E-state index contributed by atoms with van der Waals surface area (Å²) < 4.78 is 5.75. The highest BCUT2D eigenvalue weighted by Crippen LogP contribution is 2.24. The predicted molar refractivity (Wildman–Crippen MR) is 86.3 cm³/mol. The molecule has 7 heteroatoms. The molecule has 1 aromatic rings. The summed E-state index contributed by atoms with van der Waals surface area (Å²) in [6.45, 7) is 1.94. The van der Waals surface area contributed by atoms with Gasteiger partial charge in [0, 0.05) is 26.2 Å². The number of rotatable bonds is 2. The summed E-state index contributed by atoms with van der Waals surface area (Å²) in [5.41, 5.74) is 0.0237. The Labute approximate surface area is 133 Å². The Bertz CT molecular complexity index is 659. The van der Waals surface area contributed by atoms with Crippen molar-refractivity contribution >= 4 is 41.1 Å². The zero-order valence-electron chi connectivity index (χ0n) is 12.3. The van der Waals surface area contributed by atoms with Crippen LogP contribution in [0.5, 0.6) is 0 Å². The van der Waals surface area contributed by atoms with Gasteiger partial charge in [0.1, 0.15) is 11.3 Å². The van der Waals surface area contributed by atoms with Crippen molar-refractivity contribution in [3.63, 3.8) is 0 Å². The summed E-state index contributed by atoms with van der Waals surface area (Å²) in [5.74, 6) is 0.341. The van der Waals surface area contributed by atoms with Crippen LogP contribution in [-0.2, 0) is 9.59 Å². The lowest BCUT2D eigenvalue weighted by molar-refractivity contribution is -0.128. The number of likely N-dealkylation sites (N-methyl/N-ethyl adjacent to an activating group) is 1. The Morgan fingerprint density at radius 3 is 2.68 bits per heavy atom. The van der Waals surface area contributed by atoms with E-state index >= 15 is 0 Å². The van der Waals surface area contributed by atoms with E-state index in [1.165, 1.54) is 24.4 Å². The third-order valence-electron chi connectivity index (χ3n) is 3.87. The molecule has 3 heterocycles. The molecular formula is C15H17N3O3S. The van der Waals surface area contributed by atoms with Crippen molar-refractivity contribution in [3.05, 3.63) is 23.5 Å². The van der Waals surface area contributed by atoms with Gasteiger partial charge in [0.25, 0.3) is 11.8 Å². The third kappa shape index (κ3) is 2.76. The first-order valence-electron chi connectivity index (χ1n) is 7.26. The van der Waals surface area contributed by atoms with Gasteiger partial charge in [-0.05, 0) is 43.6 Å². The molecule has 2 saturated heterocycles. The molecule has 3 rings (SSSR count). The highest BCUT2D eigenvalue weighted by molar-refractivity contribution is 7.80. The van der Waals surface area contributed by atoms with Crippen molar-refractivity contribution in [3.8, 4) is 0 Å². The second-order valence-corrected chi connectivity index (χ2v) is 5.79. The Morgan fingerprint density at radius 2 is 1.95 bits per heavy atom. The molecule has 0 saturated carbocycles. The largest absolute Gasteiger partial charge is 0.441 e. The molecular weight excluding hydrogens is 302 g/mol. The van der Waals surface area contributed by atoms with E-state index in [2.05, 4.69) is 10.2 Å². The zero-order valence-corrected chi connectivity index (χ0v) is 13.1. The van der Waals surface area contributed by atoms with Gasteiger partial charge >= 0.3 is 0 Å². The summed E-state index contributed by atoms with van der Waals surface area (Å²) in [7, 11) is 1.53. The fourth-order valence-electron chi connectivity index (χ4n) is 2.59. The quantitative estimate of drug-likeness (QED) is 0.509. The second kappa shape index (κ2) is 5.92. The van der Waals surface area contributed by atoms with E-state index in [1.807, 2.05) is 6.07 Å². The van der Waals surface area contributed by atoms with Crippen LogP contribution in [0.15, 0.2) is 22.1 Å². The Kier molecular flexibility index (Phi) is 3.98. The van der Waals surface area contributed by atoms with E-state index in [1.54, 1.807) is 6.07 Å². The first kappa shape index (κ1) is 14.8. The number of carbonyl (C=O) groups excluding carboxylic acids is 2. The first-order valence-corrected chi connectivity index (χ1v) is 7.67. The number of nitrogens with one attached hydrogen (secondary N) is 1. The molecule has 0 spiro atoms. The smallest absolute Gasteiger partial charge is 0.265 e. The topological polar surface area (TPSA) is 65.8 Å². The average Bonchev–Trinajstić information content (AvgIpc) is 2.99. The van der Waals surface area contributed by atoms with E-state index in [-0.39, 0.29) is 10.7 Å². The molecule has 0 unspecified atom stereocenters. The van der Waals surface area contributed by atoms with Gasteiger partial charge < -0.3 is 9.32 Å². The molecule has 0 radical (unpaired) electrons. The van der Waals surface area contributed by atoms with Crippen LogP contribution in [0.4, 0.5) is 5.88 Å². The van der Waals surface area contributed by atoms with Crippen molar-refractivity contribution in [1.29, 1.82) is 0 Å². The molecule has 2 aliphatic heterocycles. The van der Waals surface area contributed by atoms with Crippen molar-refractivity contribution in [2.24, 2.45) is 0 Å². The molecule has 0 atom stereocenters. The van der Waals surface area contributed by atoms with Crippen LogP contribution in [0, 0.1) is 0 Å². The lowest BCUT2D eigenvalue weighted by Gasteiger charge is -2.26. The van der Waals surface area contributed by atoms with Gasteiger partial charge in [-0.1, -0.05) is 0 Å². The summed E-state index contributed by atoms with van der Waals surface area (Å²) >= 11 is 4.91. The van der Waals surface area contributed by atoms with Gasteiger partial charge in [-0.3, -0.25) is 19.8 Å². The van der Waals surface area contributed by atoms with Crippen LogP contribution in [-0.4, -0.2) is 42.0 Å². The van der Waals surface area contributed by atoms with E-state index in [0.717, 1.165) is 31.8 Å². The van der Waals surface area contributed by atoms with Gasteiger partial charge in [0.2, 0.25) is 0 Å². The predicted octanol–water partition coefficient (Wildman–Crippen LogP) is 1.53. The van der Waals surface area contributed by atoms with E-state index in [0.29, 0.717) is 5.76 Å². The number of hydrogen-bond acceptors (Lipinski definition) is 5. The third-order valence-corrected chi connectivity index (χ3v) is 4.25. The fourth-order valence-corrected chi connectivity index (χ4v) is 2.77. The molecule has 22 heavy (non-hydrogen) atoms. The SMILES string of the molecule is CN1C(=O)C(=Cc2ccc(N3CCCCC3)o2)C(=O)NC1=S. The molecule has 0 aromatic carbocycles. The van der Waals surface area contributed by atoms with Gasteiger partial charge in [0.05, 0.1) is 0 Å². The van der Waals surface area contributed by atoms with Crippen molar-refractivity contribution in [2.75, 3.05) is 25.0 Å². The molecule has 0 aliphatic carbocycles. The van der Waals surface area contributed by atoms with Crippen LogP contribution in [0.1, 0.15) is 25.0 Å². The molecule has 2 fully saturated rings. The average molecular weight is 319 g/mol. The second-order valence-electron chi connectivity index (χ2n) is 5.41. The zero-order chi connectivity index (χ0) is 15.7. The van der Waals surface area contributed by atoms with Gasteiger partial charge in [0.15, 0.2) is 11.0 Å². The number of amides is 2. The highest BCUT2D eigenvalue weighted by Gasteiger charge is 2.31. The fraction of sp³-hybridized carbons (Fsp3) is 0.400. The van der Waals surface area contributed by atoms with Crippen molar-refractivity contribution in [2.45, 2.75) is 19.3 Å². The molecule has 2 aliphatic rings. The Hall–Kier alpha value is -2.15. The lowest BCUT2D eigenvalue weighted by atomic mass is 10.1. The maximum Gasteiger partial charge on any atom is 0.265 e. The minimum absolute atomic E-state index is 0.0237. The van der Waals surface area contributed by atoms with Crippen LogP contribution in [0.3, 0.4) is 0 Å². The molecule has 6 nitrogen and oxygen atoms in total. The maximum atomic E-state index is 12.1. The molecule has 2 amide bonds. The van der Waals surface area contributed by atoms with Crippen LogP contribution in [0.2, 0.25) is 0 Å². The van der Waals surface area contributed by atoms with E-state index in [9.17, 15) is 9.59 Å². The highest BCUT2D eigenvalue weighted by atomic mass is 32.1. The summed E-state index contributed by atoms with van der Waals surface area (Å²) in [4.78, 5) is 27.4. The molecule has 116 valence electrons. The van der Waals surface area contributed by atoms with Gasteiger partial charge in [-0.15, -0.1) is 0 Å². The summed E-state index contributed by atoms with van der Waals surface area (Å²) in [6.07, 6.45) is 5.01. The number of furan rings is 1. The standard InChI is InChI=1S/C15H17N3O3S/c1-17-14(20)11(13(19)16-15(17)22)9-10-5-6-12(21-10)18-7-3-2-4-8-18/h5-6,9H,2-4,7-8H2,1H3,(H,16,19,22). The van der Waals surface area contributed by atoms with Crippen molar-refractivity contribution in [1.82, 2.24) is 10.2 Å². The molecule has 0 bridgehead atoms.